The second-order valence-electron chi connectivity index (χ2n) is 2.99. The lowest BCUT2D eigenvalue weighted by molar-refractivity contribution is -0.141. The maximum Gasteiger partial charge on any atom is 0.432 e. The monoisotopic (exact) mass is 229 g/mol. The van der Waals surface area contributed by atoms with Crippen molar-refractivity contribution in [3.8, 4) is 11.4 Å². The van der Waals surface area contributed by atoms with Gasteiger partial charge < -0.3 is 5.73 Å². The molecule has 0 unspecified atom stereocenters. The lowest BCUT2D eigenvalue weighted by Crippen LogP contribution is -2.04. The fourth-order valence-electron chi connectivity index (χ4n) is 1.07. The van der Waals surface area contributed by atoms with Gasteiger partial charge in [0.2, 0.25) is 0 Å². The molecule has 2 heterocycles. The molecule has 0 radical (unpaired) electrons. The van der Waals surface area contributed by atoms with E-state index in [1.807, 2.05) is 5.10 Å². The highest BCUT2D eigenvalue weighted by Gasteiger charge is 2.33. The Morgan fingerprint density at radius 1 is 1.12 bits per heavy atom. The van der Waals surface area contributed by atoms with Crippen LogP contribution in [0.1, 0.15) is 5.69 Å². The van der Waals surface area contributed by atoms with E-state index in [1.54, 1.807) is 0 Å². The van der Waals surface area contributed by atoms with E-state index in [2.05, 4.69) is 15.1 Å². The van der Waals surface area contributed by atoms with Crippen molar-refractivity contribution >= 4 is 5.82 Å². The molecule has 0 aromatic carbocycles. The molecule has 2 rings (SSSR count). The normalized spacial score (nSPS) is 11.7. The van der Waals surface area contributed by atoms with Crippen LogP contribution in [0.5, 0.6) is 0 Å². The number of halogens is 3. The van der Waals surface area contributed by atoms with Gasteiger partial charge in [-0.1, -0.05) is 0 Å². The molecule has 0 aliphatic heterocycles. The summed E-state index contributed by atoms with van der Waals surface area (Å²) in [6.07, 6.45) is -1.95. The number of alkyl halides is 3. The Labute approximate surface area is 87.5 Å². The van der Waals surface area contributed by atoms with Gasteiger partial charge in [0, 0.05) is 0 Å². The number of nitrogens with zero attached hydrogens (tertiary/aromatic N) is 3. The molecule has 0 fully saturated rings. The molecule has 2 aromatic rings. The summed E-state index contributed by atoms with van der Waals surface area (Å²) < 4.78 is 36.8. The number of nitrogens with one attached hydrogen (secondary N) is 1. The number of nitrogen functional groups attached to an aromatic ring is 1. The Balaban J connectivity index is 2.35. The van der Waals surface area contributed by atoms with E-state index >= 15 is 0 Å². The van der Waals surface area contributed by atoms with Gasteiger partial charge in [-0.3, -0.25) is 5.10 Å². The molecule has 5 nitrogen and oxygen atoms in total. The summed E-state index contributed by atoms with van der Waals surface area (Å²) in [5.74, 6) is 0.190. The van der Waals surface area contributed by atoms with Crippen LogP contribution in [0.4, 0.5) is 19.0 Å². The minimum Gasteiger partial charge on any atom is -0.382 e. The topological polar surface area (TPSA) is 80.5 Å². The van der Waals surface area contributed by atoms with Gasteiger partial charge in [-0.05, 0) is 6.07 Å². The maximum atomic E-state index is 12.3. The predicted molar refractivity (Wildman–Crippen MR) is 49.0 cm³/mol. The van der Waals surface area contributed by atoms with Gasteiger partial charge in [-0.15, -0.1) is 0 Å². The third-order valence-electron chi connectivity index (χ3n) is 1.82. The fraction of sp³-hybridized carbons (Fsp3) is 0.125. The molecule has 84 valence electrons. The molecule has 16 heavy (non-hydrogen) atoms. The number of aromatic amines is 1. The summed E-state index contributed by atoms with van der Waals surface area (Å²) >= 11 is 0. The van der Waals surface area contributed by atoms with Gasteiger partial charge in [0.1, 0.15) is 22.9 Å². The lowest BCUT2D eigenvalue weighted by Gasteiger charge is -1.99. The standard InChI is InChI=1S/C8H6F3N5/c9-8(10,11)6-1-4(15-16-6)5-2-14-7(12)3-13-5/h1-3H,(H2,12,14)(H,15,16). The van der Waals surface area contributed by atoms with Crippen molar-refractivity contribution in [3.63, 3.8) is 0 Å². The Kier molecular flexibility index (Phi) is 2.26. The van der Waals surface area contributed by atoms with Gasteiger partial charge in [0.25, 0.3) is 0 Å². The number of hydrogen-bond donors (Lipinski definition) is 2. The van der Waals surface area contributed by atoms with Crippen molar-refractivity contribution in [2.24, 2.45) is 0 Å². The molecule has 0 aliphatic rings. The number of nitrogens with two attached hydrogens (primary N) is 1. The summed E-state index contributed by atoms with van der Waals surface area (Å²) in [6, 6.07) is 0.861. The molecule has 0 spiro atoms. The van der Waals surface area contributed by atoms with E-state index in [0.29, 0.717) is 0 Å². The minimum atomic E-state index is -4.45. The number of H-pyrrole nitrogens is 1. The van der Waals surface area contributed by atoms with E-state index in [9.17, 15) is 13.2 Å². The first-order chi connectivity index (χ1) is 7.47. The van der Waals surface area contributed by atoms with Crippen LogP contribution in [0.3, 0.4) is 0 Å². The molecule has 0 atom stereocenters. The van der Waals surface area contributed by atoms with Crippen LogP contribution in [0.2, 0.25) is 0 Å². The number of anilines is 1. The van der Waals surface area contributed by atoms with Crippen molar-refractivity contribution in [2.75, 3.05) is 5.73 Å². The van der Waals surface area contributed by atoms with E-state index in [0.717, 1.165) is 6.07 Å². The molecule has 3 N–H and O–H groups in total. The van der Waals surface area contributed by atoms with Gasteiger partial charge >= 0.3 is 6.18 Å². The van der Waals surface area contributed by atoms with Crippen LogP contribution in [0.25, 0.3) is 11.4 Å². The summed E-state index contributed by atoms with van der Waals surface area (Å²) in [5, 5.41) is 5.38. The highest BCUT2D eigenvalue weighted by atomic mass is 19.4. The van der Waals surface area contributed by atoms with Crippen molar-refractivity contribution < 1.29 is 13.2 Å². The number of aromatic nitrogens is 4. The van der Waals surface area contributed by atoms with Crippen LogP contribution >= 0.6 is 0 Å². The van der Waals surface area contributed by atoms with E-state index in [-0.39, 0.29) is 17.2 Å². The van der Waals surface area contributed by atoms with Gasteiger partial charge in [0.05, 0.1) is 12.4 Å². The average molecular weight is 229 g/mol. The summed E-state index contributed by atoms with van der Waals surface area (Å²) in [6.45, 7) is 0. The van der Waals surface area contributed by atoms with Gasteiger partial charge in [-0.2, -0.15) is 18.3 Å². The average Bonchev–Trinajstić information content (AvgIpc) is 2.67. The van der Waals surface area contributed by atoms with Crippen LogP contribution in [-0.4, -0.2) is 20.2 Å². The van der Waals surface area contributed by atoms with Gasteiger partial charge in [0.15, 0.2) is 0 Å². The number of hydrogen-bond acceptors (Lipinski definition) is 4. The van der Waals surface area contributed by atoms with Crippen molar-refractivity contribution in [1.82, 2.24) is 20.2 Å². The third kappa shape index (κ3) is 1.95. The first kappa shape index (κ1) is 10.4. The highest BCUT2D eigenvalue weighted by molar-refractivity contribution is 5.53. The second-order valence-corrected chi connectivity index (χ2v) is 2.99. The Hall–Kier alpha value is -2.12. The summed E-state index contributed by atoms with van der Waals surface area (Å²) in [4.78, 5) is 7.51. The smallest absolute Gasteiger partial charge is 0.382 e. The third-order valence-corrected chi connectivity index (χ3v) is 1.82. The second kappa shape index (κ2) is 3.47. The van der Waals surface area contributed by atoms with E-state index in [1.165, 1.54) is 12.4 Å². The van der Waals surface area contributed by atoms with Gasteiger partial charge in [-0.25, -0.2) is 9.97 Å². The molecule has 2 aromatic heterocycles. The Morgan fingerprint density at radius 3 is 2.38 bits per heavy atom. The predicted octanol–water partition coefficient (Wildman–Crippen LogP) is 1.47. The molecule has 0 amide bonds. The molecular weight excluding hydrogens is 223 g/mol. The molecule has 0 saturated heterocycles. The van der Waals surface area contributed by atoms with Crippen molar-refractivity contribution in [2.45, 2.75) is 6.18 Å². The van der Waals surface area contributed by atoms with Crippen LogP contribution in [0, 0.1) is 0 Å². The zero-order chi connectivity index (χ0) is 11.8. The lowest BCUT2D eigenvalue weighted by atomic mass is 10.3. The van der Waals surface area contributed by atoms with Crippen molar-refractivity contribution in [1.29, 1.82) is 0 Å². The van der Waals surface area contributed by atoms with Crippen LogP contribution in [0.15, 0.2) is 18.5 Å². The summed E-state index contributed by atoms with van der Waals surface area (Å²) in [5.41, 5.74) is 4.66. The molecular formula is C8H6F3N5. The Bertz CT molecular complexity index is 487. The minimum absolute atomic E-state index is 0.0693. The highest BCUT2D eigenvalue weighted by Crippen LogP contribution is 2.29. The largest absolute Gasteiger partial charge is 0.432 e. The fourth-order valence-corrected chi connectivity index (χ4v) is 1.07. The number of rotatable bonds is 1. The van der Waals surface area contributed by atoms with E-state index in [4.69, 9.17) is 5.73 Å². The molecule has 0 bridgehead atoms. The first-order valence-corrected chi connectivity index (χ1v) is 4.17. The van der Waals surface area contributed by atoms with Crippen LogP contribution < -0.4 is 5.73 Å². The quantitative estimate of drug-likeness (QED) is 0.775. The summed E-state index contributed by atoms with van der Waals surface area (Å²) in [7, 11) is 0. The maximum absolute atomic E-state index is 12.3. The zero-order valence-electron chi connectivity index (χ0n) is 7.78. The molecule has 0 saturated carbocycles. The Morgan fingerprint density at radius 2 is 1.88 bits per heavy atom. The first-order valence-electron chi connectivity index (χ1n) is 4.17. The molecule has 0 aliphatic carbocycles. The zero-order valence-corrected chi connectivity index (χ0v) is 7.78. The SMILES string of the molecule is Nc1cnc(-c2cc(C(F)(F)F)[nH]n2)cn1. The van der Waals surface area contributed by atoms with Crippen LogP contribution in [-0.2, 0) is 6.18 Å². The van der Waals surface area contributed by atoms with Crippen molar-refractivity contribution in [3.05, 3.63) is 24.2 Å². The molecule has 8 heteroatoms. The van der Waals surface area contributed by atoms with E-state index < -0.39 is 11.9 Å².